The summed E-state index contributed by atoms with van der Waals surface area (Å²) in [6, 6.07) is 7.57. The highest BCUT2D eigenvalue weighted by molar-refractivity contribution is 5.90. The molecule has 1 aromatic rings. The van der Waals surface area contributed by atoms with Gasteiger partial charge in [0.2, 0.25) is 11.8 Å². The number of nitrogens with two attached hydrogens (primary N) is 1. The normalized spacial score (nSPS) is 21.0. The zero-order valence-electron chi connectivity index (χ0n) is 16.6. The Hall–Kier alpha value is -2.14. The van der Waals surface area contributed by atoms with Crippen LogP contribution in [0.2, 0.25) is 0 Å². The topological polar surface area (TPSA) is 75.4 Å². The first-order valence-electron chi connectivity index (χ1n) is 10.0. The lowest BCUT2D eigenvalue weighted by molar-refractivity contribution is -0.138. The minimum atomic E-state index is -0.617. The van der Waals surface area contributed by atoms with E-state index in [2.05, 4.69) is 35.7 Å². The van der Waals surface area contributed by atoms with Crippen molar-refractivity contribution in [2.24, 2.45) is 11.7 Å². The first kappa shape index (κ1) is 19.6. The molecule has 3 N–H and O–H groups in total. The van der Waals surface area contributed by atoms with E-state index in [0.29, 0.717) is 0 Å². The van der Waals surface area contributed by atoms with Crippen molar-refractivity contribution in [1.29, 1.82) is 0 Å². The van der Waals surface area contributed by atoms with Crippen LogP contribution in [-0.2, 0) is 16.0 Å². The van der Waals surface area contributed by atoms with Gasteiger partial charge in [-0.05, 0) is 55.2 Å². The summed E-state index contributed by atoms with van der Waals surface area (Å²) in [4.78, 5) is 27.3. The van der Waals surface area contributed by atoms with Gasteiger partial charge in [0.05, 0.1) is 6.04 Å². The van der Waals surface area contributed by atoms with Crippen molar-refractivity contribution in [3.8, 4) is 0 Å². The molecule has 1 aliphatic heterocycles. The molecule has 5 nitrogen and oxygen atoms in total. The summed E-state index contributed by atoms with van der Waals surface area (Å²) >= 11 is 0. The van der Waals surface area contributed by atoms with Gasteiger partial charge >= 0.3 is 0 Å². The van der Waals surface area contributed by atoms with Crippen molar-refractivity contribution in [3.63, 3.8) is 0 Å². The maximum Gasteiger partial charge on any atom is 0.245 e. The molecule has 0 bridgehead atoms. The van der Waals surface area contributed by atoms with Gasteiger partial charge in [-0.25, -0.2) is 0 Å². The standard InChI is InChI=1S/C22H31N3O2/c1-14(2)20(24-21(26)15(3)23)22(27)25-12-6-8-18(25)13-17-11-10-16-7-4-5-9-19(16)17/h4-5,7,9,11,14-15,18,20H,6,8,10,12-13,23H2,1-3H3,(H,24,26)/t15-,18-,20-/m0/s1. The third-order valence-corrected chi connectivity index (χ3v) is 5.69. The number of amides is 2. The van der Waals surface area contributed by atoms with Gasteiger partial charge < -0.3 is 16.0 Å². The lowest BCUT2D eigenvalue weighted by Gasteiger charge is -2.32. The van der Waals surface area contributed by atoms with Gasteiger partial charge in [0.25, 0.3) is 0 Å². The second kappa shape index (κ2) is 8.26. The van der Waals surface area contributed by atoms with Gasteiger partial charge in [-0.2, -0.15) is 0 Å². The van der Waals surface area contributed by atoms with Crippen LogP contribution < -0.4 is 11.1 Å². The predicted molar refractivity (Wildman–Crippen MR) is 108 cm³/mol. The summed E-state index contributed by atoms with van der Waals surface area (Å²) < 4.78 is 0. The summed E-state index contributed by atoms with van der Waals surface area (Å²) in [5, 5.41) is 2.85. The number of hydrogen-bond donors (Lipinski definition) is 2. The Morgan fingerprint density at radius 3 is 2.70 bits per heavy atom. The SMILES string of the molecule is CC(C)[C@H](NC(=O)[C@H](C)N)C(=O)N1CCC[C@H]1CC1=CCc2ccccc21. The van der Waals surface area contributed by atoms with Gasteiger partial charge in [0, 0.05) is 12.6 Å². The van der Waals surface area contributed by atoms with E-state index in [1.807, 2.05) is 18.7 Å². The van der Waals surface area contributed by atoms with Crippen LogP contribution in [0.15, 0.2) is 30.3 Å². The van der Waals surface area contributed by atoms with Crippen molar-refractivity contribution in [2.75, 3.05) is 6.54 Å². The molecule has 1 saturated heterocycles. The Morgan fingerprint density at radius 2 is 2.00 bits per heavy atom. The smallest absolute Gasteiger partial charge is 0.245 e. The summed E-state index contributed by atoms with van der Waals surface area (Å²) in [7, 11) is 0. The van der Waals surface area contributed by atoms with Crippen LogP contribution in [0.4, 0.5) is 0 Å². The van der Waals surface area contributed by atoms with Crippen molar-refractivity contribution in [2.45, 2.75) is 64.6 Å². The Kier molecular flexibility index (Phi) is 6.00. The predicted octanol–water partition coefficient (Wildman–Crippen LogP) is 2.50. The highest BCUT2D eigenvalue weighted by Gasteiger charge is 2.36. The highest BCUT2D eigenvalue weighted by Crippen LogP contribution is 2.34. The van der Waals surface area contributed by atoms with Crippen LogP contribution >= 0.6 is 0 Å². The third kappa shape index (κ3) is 4.24. The van der Waals surface area contributed by atoms with E-state index in [4.69, 9.17) is 5.73 Å². The number of benzene rings is 1. The minimum Gasteiger partial charge on any atom is -0.343 e. The van der Waals surface area contributed by atoms with Gasteiger partial charge in [-0.3, -0.25) is 9.59 Å². The molecule has 2 amide bonds. The lowest BCUT2D eigenvalue weighted by Crippen LogP contribution is -2.55. The van der Waals surface area contributed by atoms with Crippen LogP contribution in [0.25, 0.3) is 5.57 Å². The molecule has 1 aromatic carbocycles. The number of fused-ring (bicyclic) bond motifs is 1. The summed E-state index contributed by atoms with van der Waals surface area (Å²) in [5.41, 5.74) is 9.71. The first-order valence-corrected chi connectivity index (χ1v) is 10.0. The lowest BCUT2D eigenvalue weighted by atomic mass is 9.97. The average molecular weight is 370 g/mol. The minimum absolute atomic E-state index is 0.0212. The molecule has 1 aliphatic carbocycles. The van der Waals surface area contributed by atoms with E-state index in [9.17, 15) is 9.59 Å². The number of hydrogen-bond acceptors (Lipinski definition) is 3. The van der Waals surface area contributed by atoms with Gasteiger partial charge in [0.15, 0.2) is 0 Å². The van der Waals surface area contributed by atoms with Crippen molar-refractivity contribution in [3.05, 3.63) is 41.5 Å². The fourth-order valence-electron chi connectivity index (χ4n) is 4.12. The number of likely N-dealkylation sites (tertiary alicyclic amines) is 1. The zero-order chi connectivity index (χ0) is 19.6. The molecule has 1 fully saturated rings. The fourth-order valence-corrected chi connectivity index (χ4v) is 4.12. The van der Waals surface area contributed by atoms with Crippen molar-refractivity contribution in [1.82, 2.24) is 10.2 Å². The zero-order valence-corrected chi connectivity index (χ0v) is 16.6. The van der Waals surface area contributed by atoms with E-state index in [0.717, 1.165) is 32.2 Å². The van der Waals surface area contributed by atoms with E-state index in [-0.39, 0.29) is 23.8 Å². The van der Waals surface area contributed by atoms with Crippen LogP contribution in [-0.4, -0.2) is 41.4 Å². The molecule has 0 spiro atoms. The van der Waals surface area contributed by atoms with E-state index in [1.165, 1.54) is 16.7 Å². The van der Waals surface area contributed by atoms with Gasteiger partial charge in [0.1, 0.15) is 6.04 Å². The highest BCUT2D eigenvalue weighted by atomic mass is 16.2. The molecule has 0 unspecified atom stereocenters. The first-order chi connectivity index (χ1) is 12.9. The molecular formula is C22H31N3O2. The number of allylic oxidation sites excluding steroid dienone is 1. The van der Waals surface area contributed by atoms with Crippen LogP contribution in [0.3, 0.4) is 0 Å². The van der Waals surface area contributed by atoms with Crippen molar-refractivity contribution >= 4 is 17.4 Å². The Bertz CT molecular complexity index is 739. The maximum absolute atomic E-state index is 13.2. The number of rotatable bonds is 6. The number of carbonyl (C=O) groups excluding carboxylic acids is 2. The second-order valence-corrected chi connectivity index (χ2v) is 8.14. The van der Waals surface area contributed by atoms with Crippen LogP contribution in [0, 0.1) is 5.92 Å². The molecule has 146 valence electrons. The molecule has 1 heterocycles. The van der Waals surface area contributed by atoms with Crippen molar-refractivity contribution < 1.29 is 9.59 Å². The van der Waals surface area contributed by atoms with Crippen LogP contribution in [0.1, 0.15) is 51.2 Å². The molecule has 3 rings (SSSR count). The largest absolute Gasteiger partial charge is 0.343 e. The van der Waals surface area contributed by atoms with E-state index in [1.54, 1.807) is 6.92 Å². The summed E-state index contributed by atoms with van der Waals surface area (Å²) in [6.45, 7) is 6.32. The number of nitrogens with one attached hydrogen (secondary N) is 1. The van der Waals surface area contributed by atoms with Crippen LogP contribution in [0.5, 0.6) is 0 Å². The monoisotopic (exact) mass is 369 g/mol. The Balaban J connectivity index is 1.71. The Labute approximate surface area is 162 Å². The number of nitrogens with zero attached hydrogens (tertiary/aromatic N) is 1. The molecule has 3 atom stereocenters. The molecule has 0 radical (unpaired) electrons. The maximum atomic E-state index is 13.2. The van der Waals surface area contributed by atoms with Gasteiger partial charge in [-0.1, -0.05) is 44.2 Å². The quantitative estimate of drug-likeness (QED) is 0.809. The van der Waals surface area contributed by atoms with Gasteiger partial charge in [-0.15, -0.1) is 0 Å². The average Bonchev–Trinajstić information content (AvgIpc) is 3.26. The fraction of sp³-hybridized carbons (Fsp3) is 0.545. The van der Waals surface area contributed by atoms with E-state index < -0.39 is 12.1 Å². The number of carbonyl (C=O) groups is 2. The molecule has 0 aromatic heterocycles. The van der Waals surface area contributed by atoms with E-state index >= 15 is 0 Å². The molecule has 0 saturated carbocycles. The second-order valence-electron chi connectivity index (χ2n) is 8.14. The molecule has 2 aliphatic rings. The summed E-state index contributed by atoms with van der Waals surface area (Å²) in [6.07, 6.45) is 6.18. The Morgan fingerprint density at radius 1 is 1.26 bits per heavy atom. The third-order valence-electron chi connectivity index (χ3n) is 5.69. The molecule has 27 heavy (non-hydrogen) atoms. The molecular weight excluding hydrogens is 338 g/mol. The summed E-state index contributed by atoms with van der Waals surface area (Å²) in [5.74, 6) is -0.230. The molecule has 5 heteroatoms.